The topological polar surface area (TPSA) is 86.6 Å². The van der Waals surface area contributed by atoms with Crippen LogP contribution in [0.5, 0.6) is 0 Å². The van der Waals surface area contributed by atoms with Crippen LogP contribution in [0.4, 0.5) is 0 Å². The third-order valence-corrected chi connectivity index (χ3v) is 1.76. The monoisotopic (exact) mass is 203 g/mol. The van der Waals surface area contributed by atoms with Crippen molar-refractivity contribution in [3.8, 4) is 0 Å². The summed E-state index contributed by atoms with van der Waals surface area (Å²) in [6.45, 7) is 2.50. The maximum Gasteiger partial charge on any atom is 0.303 e. The number of aliphatic carboxylic acids is 2. The maximum atomic E-state index is 9.64. The van der Waals surface area contributed by atoms with E-state index < -0.39 is 11.9 Å². The molecule has 1 aliphatic rings. The van der Waals surface area contributed by atoms with E-state index in [2.05, 4.69) is 5.32 Å². The normalized spacial score (nSPS) is 15.1. The van der Waals surface area contributed by atoms with Crippen molar-refractivity contribution in [3.05, 3.63) is 0 Å². The average Bonchev–Trinajstić information content (AvgIpc) is 2.18. The molecule has 0 aliphatic carbocycles. The number of piperidine rings is 1. The lowest BCUT2D eigenvalue weighted by molar-refractivity contribution is -0.143. The second-order valence-corrected chi connectivity index (χ2v) is 3.10. The molecule has 0 aromatic carbocycles. The van der Waals surface area contributed by atoms with Gasteiger partial charge in [-0.3, -0.25) is 9.59 Å². The van der Waals surface area contributed by atoms with Gasteiger partial charge in [0.15, 0.2) is 0 Å². The molecule has 3 N–H and O–H groups in total. The molecule has 1 saturated heterocycles. The van der Waals surface area contributed by atoms with Gasteiger partial charge in [-0.15, -0.1) is 0 Å². The summed E-state index contributed by atoms with van der Waals surface area (Å²) in [5, 5.41) is 19.1. The molecule has 0 radical (unpaired) electrons. The Morgan fingerprint density at radius 3 is 1.50 bits per heavy atom. The van der Waals surface area contributed by atoms with Crippen LogP contribution < -0.4 is 5.32 Å². The molecule has 0 aromatic heterocycles. The Bertz CT molecular complexity index is 152. The molecule has 5 heteroatoms. The highest BCUT2D eigenvalue weighted by Crippen LogP contribution is 1.96. The molecule has 0 aromatic rings. The van der Waals surface area contributed by atoms with Gasteiger partial charge in [0.2, 0.25) is 0 Å². The maximum absolute atomic E-state index is 9.64. The molecule has 0 atom stereocenters. The summed E-state index contributed by atoms with van der Waals surface area (Å²) >= 11 is 0. The summed E-state index contributed by atoms with van der Waals surface area (Å²) in [7, 11) is 0. The molecule has 1 heterocycles. The fourth-order valence-electron chi connectivity index (χ4n) is 1.02. The average molecular weight is 203 g/mol. The second kappa shape index (κ2) is 8.50. The van der Waals surface area contributed by atoms with Crippen LogP contribution in [0.25, 0.3) is 0 Å². The van der Waals surface area contributed by atoms with Gasteiger partial charge >= 0.3 is 11.9 Å². The Morgan fingerprint density at radius 2 is 1.36 bits per heavy atom. The number of hydrogen-bond acceptors (Lipinski definition) is 3. The number of carboxylic acids is 2. The van der Waals surface area contributed by atoms with Crippen molar-refractivity contribution in [2.75, 3.05) is 13.1 Å². The Labute approximate surface area is 83.1 Å². The van der Waals surface area contributed by atoms with Gasteiger partial charge in [-0.2, -0.15) is 0 Å². The van der Waals surface area contributed by atoms with Crippen molar-refractivity contribution in [1.29, 1.82) is 0 Å². The third-order valence-electron chi connectivity index (χ3n) is 1.76. The van der Waals surface area contributed by atoms with Gasteiger partial charge in [-0.05, 0) is 25.9 Å². The van der Waals surface area contributed by atoms with Gasteiger partial charge < -0.3 is 15.5 Å². The molecule has 5 nitrogen and oxygen atoms in total. The van der Waals surface area contributed by atoms with Crippen LogP contribution >= 0.6 is 0 Å². The van der Waals surface area contributed by atoms with E-state index in [1.807, 2.05) is 0 Å². The summed E-state index contributed by atoms with van der Waals surface area (Å²) < 4.78 is 0. The van der Waals surface area contributed by atoms with Crippen LogP contribution in [0.3, 0.4) is 0 Å². The number of hydrogen-bond donors (Lipinski definition) is 3. The van der Waals surface area contributed by atoms with E-state index in [1.54, 1.807) is 0 Å². The Morgan fingerprint density at radius 1 is 0.929 bits per heavy atom. The molecule has 1 rings (SSSR count). The number of rotatable bonds is 3. The van der Waals surface area contributed by atoms with Gasteiger partial charge in [-0.1, -0.05) is 6.42 Å². The lowest BCUT2D eigenvalue weighted by Gasteiger charge is -2.08. The molecule has 0 amide bonds. The highest BCUT2D eigenvalue weighted by atomic mass is 16.4. The molecule has 0 spiro atoms. The van der Waals surface area contributed by atoms with Gasteiger partial charge in [0.25, 0.3) is 0 Å². The van der Waals surface area contributed by atoms with Crippen LogP contribution in [0.15, 0.2) is 0 Å². The molecule has 0 bridgehead atoms. The van der Waals surface area contributed by atoms with Crippen LogP contribution in [-0.4, -0.2) is 35.2 Å². The van der Waals surface area contributed by atoms with Crippen molar-refractivity contribution in [3.63, 3.8) is 0 Å². The predicted octanol–water partition coefficient (Wildman–Crippen LogP) is 0.696. The Kier molecular flexibility index (Phi) is 7.83. The van der Waals surface area contributed by atoms with E-state index in [0.717, 1.165) is 0 Å². The Hall–Kier alpha value is -1.10. The molecule has 1 aliphatic heterocycles. The van der Waals surface area contributed by atoms with Crippen molar-refractivity contribution in [2.24, 2.45) is 0 Å². The fourth-order valence-corrected chi connectivity index (χ4v) is 1.02. The summed E-state index contributed by atoms with van der Waals surface area (Å²) in [5.41, 5.74) is 0. The zero-order valence-electron chi connectivity index (χ0n) is 8.16. The quantitative estimate of drug-likeness (QED) is 0.628. The summed E-state index contributed by atoms with van der Waals surface area (Å²) in [6, 6.07) is 0. The van der Waals surface area contributed by atoms with E-state index >= 15 is 0 Å². The van der Waals surface area contributed by atoms with E-state index in [1.165, 1.54) is 32.4 Å². The van der Waals surface area contributed by atoms with E-state index in [0.29, 0.717) is 0 Å². The van der Waals surface area contributed by atoms with Crippen LogP contribution in [0, 0.1) is 0 Å². The summed E-state index contributed by atoms with van der Waals surface area (Å²) in [4.78, 5) is 19.3. The molecule has 0 saturated carbocycles. The molecular weight excluding hydrogens is 186 g/mol. The number of nitrogens with one attached hydrogen (secondary N) is 1. The minimum Gasteiger partial charge on any atom is -0.481 e. The summed E-state index contributed by atoms with van der Waals surface area (Å²) in [5.74, 6) is -2.15. The predicted molar refractivity (Wildman–Crippen MR) is 51.2 cm³/mol. The molecule has 0 unspecified atom stereocenters. The fraction of sp³-hybridized carbons (Fsp3) is 0.778. The largest absolute Gasteiger partial charge is 0.481 e. The highest BCUT2D eigenvalue weighted by molar-refractivity contribution is 5.75. The molecule has 1 fully saturated rings. The van der Waals surface area contributed by atoms with Crippen molar-refractivity contribution in [2.45, 2.75) is 32.1 Å². The smallest absolute Gasteiger partial charge is 0.303 e. The lowest BCUT2D eigenvalue weighted by Crippen LogP contribution is -2.21. The SMILES string of the molecule is C1CCNCC1.O=C(O)CCC(=O)O. The Balaban J connectivity index is 0.000000249. The van der Waals surface area contributed by atoms with Crippen molar-refractivity contribution < 1.29 is 19.8 Å². The van der Waals surface area contributed by atoms with Crippen LogP contribution in [-0.2, 0) is 9.59 Å². The molecule has 14 heavy (non-hydrogen) atoms. The lowest BCUT2D eigenvalue weighted by atomic mass is 10.2. The number of carbonyl (C=O) groups is 2. The van der Waals surface area contributed by atoms with Gasteiger partial charge in [0.05, 0.1) is 12.8 Å². The van der Waals surface area contributed by atoms with Crippen molar-refractivity contribution >= 4 is 11.9 Å². The molecule has 82 valence electrons. The zero-order chi connectivity index (χ0) is 10.8. The van der Waals surface area contributed by atoms with Gasteiger partial charge in [0.1, 0.15) is 0 Å². The van der Waals surface area contributed by atoms with Gasteiger partial charge in [-0.25, -0.2) is 0 Å². The first-order valence-corrected chi connectivity index (χ1v) is 4.77. The first-order valence-electron chi connectivity index (χ1n) is 4.77. The third kappa shape index (κ3) is 10.9. The minimum atomic E-state index is -1.08. The summed E-state index contributed by atoms with van der Waals surface area (Å²) in [6.07, 6.45) is 3.62. The van der Waals surface area contributed by atoms with E-state index in [4.69, 9.17) is 10.2 Å². The molecular formula is C9H17NO4. The van der Waals surface area contributed by atoms with E-state index in [-0.39, 0.29) is 12.8 Å². The van der Waals surface area contributed by atoms with E-state index in [9.17, 15) is 9.59 Å². The standard InChI is InChI=1S/C5H11N.C4H6O4/c1-2-4-6-5-3-1;5-3(6)1-2-4(7)8/h6H,1-5H2;1-2H2,(H,5,6)(H,7,8). The minimum absolute atomic E-state index is 0.296. The second-order valence-electron chi connectivity index (χ2n) is 3.10. The first-order chi connectivity index (χ1) is 6.63. The van der Waals surface area contributed by atoms with Crippen molar-refractivity contribution in [1.82, 2.24) is 5.32 Å². The number of carboxylic acid groups (broad SMARTS) is 2. The van der Waals surface area contributed by atoms with Crippen LogP contribution in [0.2, 0.25) is 0 Å². The zero-order valence-corrected chi connectivity index (χ0v) is 8.16. The van der Waals surface area contributed by atoms with Crippen LogP contribution in [0.1, 0.15) is 32.1 Å². The highest BCUT2D eigenvalue weighted by Gasteiger charge is 2.00. The van der Waals surface area contributed by atoms with Gasteiger partial charge in [0, 0.05) is 0 Å². The first kappa shape index (κ1) is 12.9.